The number of hydrogen-bond donors (Lipinski definition) is 1. The highest BCUT2D eigenvalue weighted by molar-refractivity contribution is 7.91. The van der Waals surface area contributed by atoms with Crippen molar-refractivity contribution in [3.05, 3.63) is 97.6 Å². The Morgan fingerprint density at radius 2 is 1.81 bits per heavy atom. The summed E-state index contributed by atoms with van der Waals surface area (Å²) < 4.78 is 67.8. The van der Waals surface area contributed by atoms with Gasteiger partial charge in [0.1, 0.15) is 17.7 Å². The first-order chi connectivity index (χ1) is 20.0. The van der Waals surface area contributed by atoms with E-state index in [0.717, 1.165) is 4.57 Å². The van der Waals surface area contributed by atoms with E-state index in [0.29, 0.717) is 5.75 Å². The number of hydrogen-bond acceptors (Lipinski definition) is 11. The van der Waals surface area contributed by atoms with Crippen LogP contribution in [0.1, 0.15) is 18.2 Å². The van der Waals surface area contributed by atoms with Crippen molar-refractivity contribution >= 4 is 17.7 Å². The molecule has 4 rings (SSSR count). The monoisotopic (exact) mass is 621 g/mol. The van der Waals surface area contributed by atoms with Crippen molar-refractivity contribution in [2.75, 3.05) is 26.1 Å². The van der Waals surface area contributed by atoms with Crippen molar-refractivity contribution < 1.29 is 36.0 Å². The number of aromatic amines is 1. The molecule has 1 aromatic heterocycles. The van der Waals surface area contributed by atoms with E-state index in [4.69, 9.17) is 28.6 Å². The van der Waals surface area contributed by atoms with E-state index in [1.807, 2.05) is 0 Å². The number of nitrogens with one attached hydrogen (secondary N) is 1. The molecule has 0 spiro atoms. The van der Waals surface area contributed by atoms with E-state index in [1.165, 1.54) is 44.5 Å². The Labute approximate surface area is 240 Å². The van der Waals surface area contributed by atoms with E-state index >= 15 is 0 Å². The molecule has 1 aliphatic heterocycles. The Kier molecular flexibility index (Phi) is 9.89. The summed E-state index contributed by atoms with van der Waals surface area (Å²) in [6.45, 7) is 0.498. The SMILES string of the molecule is COc1ccc(OP(=O)(OCCS(=O)(=O)c2ccccc2)OC[C@H]2O[C@@H](n3cc(C)c(=O)[nH]c3=O)CC2N=[N+]=[N-])cc1. The third-order valence-corrected chi connectivity index (χ3v) is 9.33. The number of ether oxygens (including phenoxy) is 2. The summed E-state index contributed by atoms with van der Waals surface area (Å²) in [7, 11) is -6.79. The highest BCUT2D eigenvalue weighted by Crippen LogP contribution is 2.50. The van der Waals surface area contributed by atoms with Gasteiger partial charge < -0.3 is 14.0 Å². The largest absolute Gasteiger partial charge is 0.530 e. The van der Waals surface area contributed by atoms with E-state index in [1.54, 1.807) is 30.3 Å². The predicted octanol–water partition coefficient (Wildman–Crippen LogP) is 3.51. The van der Waals surface area contributed by atoms with Crippen molar-refractivity contribution in [2.45, 2.75) is 36.6 Å². The number of H-pyrrole nitrogens is 1. The zero-order valence-corrected chi connectivity index (χ0v) is 24.3. The molecule has 3 aromatic rings. The lowest BCUT2D eigenvalue weighted by atomic mass is 10.1. The third kappa shape index (κ3) is 7.68. The van der Waals surface area contributed by atoms with Crippen LogP contribution in [0.4, 0.5) is 0 Å². The summed E-state index contributed by atoms with van der Waals surface area (Å²) in [6, 6.07) is 12.8. The maximum atomic E-state index is 13.7. The first-order valence-corrected chi connectivity index (χ1v) is 15.7. The van der Waals surface area contributed by atoms with Crippen LogP contribution in [0.3, 0.4) is 0 Å². The number of azide groups is 1. The van der Waals surface area contributed by atoms with Crippen LogP contribution >= 0.6 is 7.82 Å². The molecule has 17 heteroatoms. The maximum absolute atomic E-state index is 13.7. The Morgan fingerprint density at radius 1 is 1.12 bits per heavy atom. The molecule has 2 heterocycles. The molecule has 0 saturated carbocycles. The van der Waals surface area contributed by atoms with Gasteiger partial charge in [-0.2, -0.15) is 0 Å². The van der Waals surface area contributed by atoms with Crippen molar-refractivity contribution in [3.8, 4) is 11.5 Å². The first kappa shape index (κ1) is 31.0. The Bertz CT molecular complexity index is 1710. The van der Waals surface area contributed by atoms with Gasteiger partial charge in [-0.25, -0.2) is 17.8 Å². The van der Waals surface area contributed by atoms with Crippen molar-refractivity contribution in [2.24, 2.45) is 5.11 Å². The fourth-order valence-electron chi connectivity index (χ4n) is 4.05. The summed E-state index contributed by atoms with van der Waals surface area (Å²) >= 11 is 0. The molecule has 0 amide bonds. The average molecular weight is 622 g/mol. The molecular formula is C25H28N5O10PS. The molecule has 1 aliphatic rings. The normalized spacial score (nSPS) is 19.9. The fraction of sp³-hybridized carbons (Fsp3) is 0.360. The van der Waals surface area contributed by atoms with E-state index in [9.17, 15) is 22.6 Å². The summed E-state index contributed by atoms with van der Waals surface area (Å²) in [5, 5.41) is 3.71. The minimum atomic E-state index is -4.49. The minimum absolute atomic E-state index is 0.0449. The van der Waals surface area contributed by atoms with Crippen LogP contribution in [0.25, 0.3) is 10.4 Å². The second kappa shape index (κ2) is 13.4. The number of rotatable bonds is 13. The molecule has 0 bridgehead atoms. The molecule has 15 nitrogen and oxygen atoms in total. The van der Waals surface area contributed by atoms with Crippen molar-refractivity contribution in [1.82, 2.24) is 9.55 Å². The summed E-state index contributed by atoms with van der Waals surface area (Å²) in [5.74, 6) is 0.0641. The molecule has 0 radical (unpaired) electrons. The van der Waals surface area contributed by atoms with Crippen LogP contribution in [0, 0.1) is 6.92 Å². The second-order valence-corrected chi connectivity index (χ2v) is 12.8. The number of sulfone groups is 1. The molecule has 1 saturated heterocycles. The Balaban J connectivity index is 1.51. The molecule has 42 heavy (non-hydrogen) atoms. The van der Waals surface area contributed by atoms with Crippen molar-refractivity contribution in [3.63, 3.8) is 0 Å². The van der Waals surface area contributed by atoms with Gasteiger partial charge in [0.05, 0.1) is 43.1 Å². The molecular weight excluding hydrogens is 593 g/mol. The lowest BCUT2D eigenvalue weighted by Crippen LogP contribution is -2.33. The number of nitrogens with zero attached hydrogens (tertiary/aromatic N) is 4. The van der Waals surface area contributed by atoms with Crippen LogP contribution in [-0.4, -0.2) is 56.2 Å². The van der Waals surface area contributed by atoms with Gasteiger partial charge in [-0.1, -0.05) is 23.3 Å². The Hall–Kier alpha value is -3.91. The van der Waals surface area contributed by atoms with Crippen LogP contribution < -0.4 is 20.5 Å². The summed E-state index contributed by atoms with van der Waals surface area (Å²) in [4.78, 5) is 29.2. The highest BCUT2D eigenvalue weighted by atomic mass is 32.2. The van der Waals surface area contributed by atoms with E-state index in [2.05, 4.69) is 15.0 Å². The van der Waals surface area contributed by atoms with Crippen molar-refractivity contribution in [1.29, 1.82) is 0 Å². The highest BCUT2D eigenvalue weighted by Gasteiger charge is 2.39. The molecule has 0 aliphatic carbocycles. The standard InChI is InChI=1S/C25H28N5O10PS/c1-17-15-30(25(32)27-24(17)31)23-14-21(28-29-26)22(39-23)16-38-41(33,40-19-10-8-18(36-2)9-11-19)37-12-13-42(34,35)20-6-4-3-5-7-20/h3-11,15,21-23H,12-14,16H2,1-2H3,(H,27,31,32)/t21?,22-,23-,41?/m1/s1. The fourth-order valence-corrected chi connectivity index (χ4v) is 6.49. The van der Waals surface area contributed by atoms with E-state index in [-0.39, 0.29) is 22.6 Å². The van der Waals surface area contributed by atoms with Gasteiger partial charge in [0.15, 0.2) is 9.84 Å². The van der Waals surface area contributed by atoms with Gasteiger partial charge in [0, 0.05) is 23.1 Å². The quantitative estimate of drug-likeness (QED) is 0.127. The van der Waals surface area contributed by atoms with E-state index < -0.39 is 66.2 Å². The van der Waals surface area contributed by atoms with Gasteiger partial charge in [-0.15, -0.1) is 0 Å². The third-order valence-electron chi connectivity index (χ3n) is 6.24. The molecule has 2 unspecified atom stereocenters. The molecule has 4 atom stereocenters. The topological polar surface area (TPSA) is 201 Å². The van der Waals surface area contributed by atoms with Crippen LogP contribution in [0.5, 0.6) is 11.5 Å². The zero-order chi connectivity index (χ0) is 30.3. The lowest BCUT2D eigenvalue weighted by molar-refractivity contribution is -0.0277. The average Bonchev–Trinajstić information content (AvgIpc) is 3.37. The van der Waals surface area contributed by atoms with Crippen LogP contribution in [0.2, 0.25) is 0 Å². The van der Waals surface area contributed by atoms with Gasteiger partial charge >= 0.3 is 13.5 Å². The Morgan fingerprint density at radius 3 is 2.48 bits per heavy atom. The molecule has 224 valence electrons. The summed E-state index contributed by atoms with van der Waals surface area (Å²) in [5.41, 5.74) is 8.04. The number of phosphoric ester groups is 1. The number of aromatic nitrogens is 2. The van der Waals surface area contributed by atoms with Gasteiger partial charge in [-0.05, 0) is 48.9 Å². The first-order valence-electron chi connectivity index (χ1n) is 12.6. The number of benzene rings is 2. The summed E-state index contributed by atoms with van der Waals surface area (Å²) in [6.07, 6.45) is -0.579. The van der Waals surface area contributed by atoms with Gasteiger partial charge in [0.2, 0.25) is 0 Å². The zero-order valence-electron chi connectivity index (χ0n) is 22.6. The van der Waals surface area contributed by atoms with Gasteiger partial charge in [0.25, 0.3) is 5.56 Å². The van der Waals surface area contributed by atoms with Gasteiger partial charge in [-0.3, -0.25) is 23.4 Å². The second-order valence-electron chi connectivity index (χ2n) is 9.09. The van der Waals surface area contributed by atoms with Crippen LogP contribution in [-0.2, 0) is 28.2 Å². The molecule has 1 fully saturated rings. The number of methoxy groups -OCH3 is 1. The lowest BCUT2D eigenvalue weighted by Gasteiger charge is -2.22. The number of phosphoric acid groups is 1. The maximum Gasteiger partial charge on any atom is 0.530 e. The smallest absolute Gasteiger partial charge is 0.497 e. The van der Waals surface area contributed by atoms with Crippen LogP contribution in [0.15, 0.2) is 80.4 Å². The molecule has 2 aromatic carbocycles. The molecule has 1 N–H and O–H groups in total. The minimum Gasteiger partial charge on any atom is -0.497 e. The number of aryl methyl sites for hydroxylation is 1. The predicted molar refractivity (Wildman–Crippen MR) is 149 cm³/mol.